The Morgan fingerprint density at radius 1 is 1.56 bits per heavy atom. The molecular weight excluding hydrogens is 202 g/mol. The molecule has 0 saturated heterocycles. The van der Waals surface area contributed by atoms with Gasteiger partial charge in [0.25, 0.3) is 0 Å². The standard InChI is InChI=1S/C12H17N3O/c1-9(2)5-11(16)7-15-12-8-14-4-3-10(12)6-13/h3-4,8-9,11,15-16H,5,7H2,1-2H3. The molecule has 1 atom stereocenters. The minimum absolute atomic E-state index is 0.397. The molecule has 0 bridgehead atoms. The lowest BCUT2D eigenvalue weighted by Crippen LogP contribution is -2.21. The van der Waals surface area contributed by atoms with E-state index in [1.807, 2.05) is 0 Å². The first kappa shape index (κ1) is 12.5. The minimum atomic E-state index is -0.397. The molecule has 1 aromatic rings. The van der Waals surface area contributed by atoms with Crippen molar-refractivity contribution in [2.24, 2.45) is 5.92 Å². The molecule has 4 heteroatoms. The van der Waals surface area contributed by atoms with Gasteiger partial charge in [-0.3, -0.25) is 4.98 Å². The summed E-state index contributed by atoms with van der Waals surface area (Å²) in [6, 6.07) is 3.73. The maximum absolute atomic E-state index is 9.68. The topological polar surface area (TPSA) is 68.9 Å². The van der Waals surface area contributed by atoms with E-state index in [0.717, 1.165) is 6.42 Å². The molecule has 1 heterocycles. The summed E-state index contributed by atoms with van der Waals surface area (Å²) in [5, 5.41) is 21.6. The van der Waals surface area contributed by atoms with Crippen molar-refractivity contribution in [1.82, 2.24) is 4.98 Å². The number of nitriles is 1. The molecule has 0 fully saturated rings. The van der Waals surface area contributed by atoms with Gasteiger partial charge < -0.3 is 10.4 Å². The van der Waals surface area contributed by atoms with Gasteiger partial charge in [0.05, 0.1) is 23.6 Å². The van der Waals surface area contributed by atoms with Gasteiger partial charge in [-0.2, -0.15) is 5.26 Å². The zero-order valence-electron chi connectivity index (χ0n) is 9.64. The number of hydrogen-bond acceptors (Lipinski definition) is 4. The molecule has 0 aromatic carbocycles. The highest BCUT2D eigenvalue weighted by molar-refractivity contribution is 5.55. The van der Waals surface area contributed by atoms with Gasteiger partial charge >= 0.3 is 0 Å². The van der Waals surface area contributed by atoms with Crippen molar-refractivity contribution in [3.8, 4) is 6.07 Å². The second-order valence-electron chi connectivity index (χ2n) is 4.20. The van der Waals surface area contributed by atoms with Gasteiger partial charge in [-0.05, 0) is 18.4 Å². The molecule has 0 spiro atoms. The fourth-order valence-corrected chi connectivity index (χ4v) is 1.49. The second-order valence-corrected chi connectivity index (χ2v) is 4.20. The van der Waals surface area contributed by atoms with Crippen LogP contribution in [-0.2, 0) is 0 Å². The first-order valence-electron chi connectivity index (χ1n) is 5.39. The van der Waals surface area contributed by atoms with E-state index in [4.69, 9.17) is 5.26 Å². The van der Waals surface area contributed by atoms with E-state index in [9.17, 15) is 5.11 Å². The monoisotopic (exact) mass is 219 g/mol. The smallest absolute Gasteiger partial charge is 0.101 e. The Morgan fingerprint density at radius 2 is 2.31 bits per heavy atom. The predicted octanol–water partition coefficient (Wildman–Crippen LogP) is 1.77. The summed E-state index contributed by atoms with van der Waals surface area (Å²) in [5.74, 6) is 0.459. The van der Waals surface area contributed by atoms with Gasteiger partial charge in [0.2, 0.25) is 0 Å². The van der Waals surface area contributed by atoms with Gasteiger partial charge in [-0.1, -0.05) is 13.8 Å². The average Bonchev–Trinajstić information content (AvgIpc) is 2.26. The van der Waals surface area contributed by atoms with Crippen molar-refractivity contribution in [2.45, 2.75) is 26.4 Å². The number of rotatable bonds is 5. The SMILES string of the molecule is CC(C)CC(O)CNc1cnccc1C#N. The molecule has 1 aromatic heterocycles. The zero-order valence-corrected chi connectivity index (χ0v) is 9.64. The molecule has 0 radical (unpaired) electrons. The van der Waals surface area contributed by atoms with Crippen molar-refractivity contribution in [1.29, 1.82) is 5.26 Å². The summed E-state index contributed by atoms with van der Waals surface area (Å²) in [6.07, 6.45) is 3.52. The van der Waals surface area contributed by atoms with Crippen LogP contribution in [0.15, 0.2) is 18.5 Å². The number of nitrogens with one attached hydrogen (secondary N) is 1. The number of nitrogens with zero attached hydrogens (tertiary/aromatic N) is 2. The molecule has 0 saturated carbocycles. The summed E-state index contributed by atoms with van der Waals surface area (Å²) < 4.78 is 0. The minimum Gasteiger partial charge on any atom is -0.391 e. The van der Waals surface area contributed by atoms with Gasteiger partial charge in [0.1, 0.15) is 6.07 Å². The summed E-state index contributed by atoms with van der Waals surface area (Å²) in [5.41, 5.74) is 1.22. The summed E-state index contributed by atoms with van der Waals surface area (Å²) >= 11 is 0. The molecule has 0 aliphatic heterocycles. The van der Waals surface area contributed by atoms with Crippen LogP contribution in [0.2, 0.25) is 0 Å². The third kappa shape index (κ3) is 3.87. The van der Waals surface area contributed by atoms with Crippen LogP contribution in [0.25, 0.3) is 0 Å². The van der Waals surface area contributed by atoms with E-state index in [2.05, 4.69) is 30.2 Å². The maximum Gasteiger partial charge on any atom is 0.101 e. The first-order chi connectivity index (χ1) is 7.63. The second kappa shape index (κ2) is 6.09. The normalized spacial score (nSPS) is 12.2. The van der Waals surface area contributed by atoms with Crippen LogP contribution >= 0.6 is 0 Å². The number of pyridine rings is 1. The molecular formula is C12H17N3O. The van der Waals surface area contributed by atoms with Gasteiger partial charge in [0.15, 0.2) is 0 Å². The molecule has 16 heavy (non-hydrogen) atoms. The van der Waals surface area contributed by atoms with Gasteiger partial charge in [-0.25, -0.2) is 0 Å². The highest BCUT2D eigenvalue weighted by Crippen LogP contribution is 2.12. The zero-order chi connectivity index (χ0) is 12.0. The van der Waals surface area contributed by atoms with Gasteiger partial charge in [0, 0.05) is 12.7 Å². The van der Waals surface area contributed by atoms with E-state index in [1.165, 1.54) is 0 Å². The summed E-state index contributed by atoms with van der Waals surface area (Å²) in [6.45, 7) is 4.57. The third-order valence-electron chi connectivity index (χ3n) is 2.21. The van der Waals surface area contributed by atoms with Crippen LogP contribution in [-0.4, -0.2) is 22.7 Å². The fourth-order valence-electron chi connectivity index (χ4n) is 1.49. The number of aromatic nitrogens is 1. The molecule has 1 rings (SSSR count). The third-order valence-corrected chi connectivity index (χ3v) is 2.21. The largest absolute Gasteiger partial charge is 0.391 e. The summed E-state index contributed by atoms with van der Waals surface area (Å²) in [4.78, 5) is 3.94. The molecule has 2 N–H and O–H groups in total. The lowest BCUT2D eigenvalue weighted by Gasteiger charge is -2.14. The Labute approximate surface area is 95.9 Å². The van der Waals surface area contributed by atoms with E-state index < -0.39 is 6.10 Å². The number of aliphatic hydroxyl groups is 1. The lowest BCUT2D eigenvalue weighted by atomic mass is 10.1. The fraction of sp³-hybridized carbons (Fsp3) is 0.500. The number of hydrogen-bond donors (Lipinski definition) is 2. The van der Waals surface area contributed by atoms with E-state index >= 15 is 0 Å². The molecule has 4 nitrogen and oxygen atoms in total. The van der Waals surface area contributed by atoms with Crippen molar-refractivity contribution >= 4 is 5.69 Å². The maximum atomic E-state index is 9.68. The van der Waals surface area contributed by atoms with Crippen molar-refractivity contribution in [3.63, 3.8) is 0 Å². The Hall–Kier alpha value is -1.60. The molecule has 0 aliphatic carbocycles. The Bertz CT molecular complexity index is 371. The molecule has 86 valence electrons. The van der Waals surface area contributed by atoms with Crippen LogP contribution < -0.4 is 5.32 Å². The van der Waals surface area contributed by atoms with Crippen LogP contribution in [0.4, 0.5) is 5.69 Å². The first-order valence-corrected chi connectivity index (χ1v) is 5.39. The van der Waals surface area contributed by atoms with Crippen LogP contribution in [0.3, 0.4) is 0 Å². The van der Waals surface area contributed by atoms with Crippen molar-refractivity contribution < 1.29 is 5.11 Å². The Morgan fingerprint density at radius 3 is 2.94 bits per heavy atom. The lowest BCUT2D eigenvalue weighted by molar-refractivity contribution is 0.161. The Balaban J connectivity index is 2.52. The highest BCUT2D eigenvalue weighted by Gasteiger charge is 2.08. The Kier molecular flexibility index (Phi) is 4.74. The van der Waals surface area contributed by atoms with E-state index in [0.29, 0.717) is 23.7 Å². The van der Waals surface area contributed by atoms with Crippen LogP contribution in [0.5, 0.6) is 0 Å². The van der Waals surface area contributed by atoms with Crippen molar-refractivity contribution in [3.05, 3.63) is 24.0 Å². The predicted molar refractivity (Wildman–Crippen MR) is 62.9 cm³/mol. The number of anilines is 1. The molecule has 0 amide bonds. The van der Waals surface area contributed by atoms with Gasteiger partial charge in [-0.15, -0.1) is 0 Å². The van der Waals surface area contributed by atoms with E-state index in [-0.39, 0.29) is 0 Å². The van der Waals surface area contributed by atoms with Crippen LogP contribution in [0, 0.1) is 17.2 Å². The van der Waals surface area contributed by atoms with Crippen LogP contribution in [0.1, 0.15) is 25.8 Å². The molecule has 0 aliphatic rings. The average molecular weight is 219 g/mol. The van der Waals surface area contributed by atoms with Crippen molar-refractivity contribution in [2.75, 3.05) is 11.9 Å². The highest BCUT2D eigenvalue weighted by atomic mass is 16.3. The summed E-state index contributed by atoms with van der Waals surface area (Å²) in [7, 11) is 0. The number of aliphatic hydroxyl groups excluding tert-OH is 1. The molecule has 1 unspecified atom stereocenters. The quantitative estimate of drug-likeness (QED) is 0.792. The van der Waals surface area contributed by atoms with E-state index in [1.54, 1.807) is 18.5 Å².